The van der Waals surface area contributed by atoms with Gasteiger partial charge < -0.3 is 90.5 Å². The highest BCUT2D eigenvalue weighted by Crippen LogP contribution is 2.70. The summed E-state index contributed by atoms with van der Waals surface area (Å²) in [6.07, 6.45) is 24.7. The van der Waals surface area contributed by atoms with Crippen LogP contribution in [0.15, 0.2) is 266 Å². The lowest BCUT2D eigenvalue weighted by Gasteiger charge is -2.57. The molecule has 0 spiro atoms. The van der Waals surface area contributed by atoms with E-state index in [1.54, 1.807) is 151 Å². The molecular weight excluding hydrogens is 1810 g/mol. The van der Waals surface area contributed by atoms with Gasteiger partial charge in [0.1, 0.15) is 36.3 Å². The van der Waals surface area contributed by atoms with Gasteiger partial charge in [0.25, 0.3) is 0 Å². The van der Waals surface area contributed by atoms with Gasteiger partial charge >= 0.3 is 48.0 Å². The van der Waals surface area contributed by atoms with E-state index in [9.17, 15) is 51.1 Å². The van der Waals surface area contributed by atoms with Crippen LogP contribution < -0.4 is 62.1 Å². The van der Waals surface area contributed by atoms with Gasteiger partial charge in [-0.1, -0.05) is 174 Å². The first-order chi connectivity index (χ1) is 67.7. The molecule has 142 heavy (non-hydrogen) atoms. The van der Waals surface area contributed by atoms with Gasteiger partial charge in [0.2, 0.25) is 0 Å². The van der Waals surface area contributed by atoms with Gasteiger partial charge in [0, 0.05) is 88.5 Å². The number of halogens is 4. The molecule has 8 unspecified atom stereocenters. The average molecular weight is 1950 g/mol. The number of nitrogen functional groups attached to an aromatic ring is 10. The summed E-state index contributed by atoms with van der Waals surface area (Å²) in [4.78, 5) is 89.7. The Balaban J connectivity index is 0.000000183. The molecule has 9 aromatic carbocycles. The molecule has 10 aromatic rings. The molecule has 6 aliphatic carbocycles. The van der Waals surface area contributed by atoms with Crippen LogP contribution in [0.3, 0.4) is 0 Å². The SMILES string of the molecule is CC(C)C/C=C/C(C)C1CCC2(C)C3=CC=C4CC(OC(=O)c5cc(N)cc(N)c5)CC(C)C4C3CCC12C.CC(F)(F)F.CF.Nc1cc(N)cc(C(=O)OC2CCC(OC(=O)c3ccccc3)CC2)c1.Nc1cc(N)cc(C(=O)OC2CCC(OC(=O)c3ccccc3)CC2)c1.Nc1cc(N)cc(C(=O)OCCc2ccccn2)c1.Nc1cc(N)cc(C(=O)Oc2ccc(/C=C\c3ccccc3)cc2)c1. The van der Waals surface area contributed by atoms with Gasteiger partial charge in [-0.15, -0.1) is 0 Å². The number of hydrogen-bond acceptors (Lipinski definition) is 25. The van der Waals surface area contributed by atoms with Crippen molar-refractivity contribution in [3.05, 3.63) is 322 Å². The maximum Gasteiger partial charge on any atom is 0.386 e. The number of benzene rings is 9. The number of esters is 7. The van der Waals surface area contributed by atoms with Gasteiger partial charge in [-0.3, -0.25) is 9.37 Å². The number of anilines is 10. The molecule has 1 heterocycles. The molecule has 16 rings (SSSR count). The standard InChI is InChI=1S/C35H50N2O2.C21H18N2O2.2C20H22N2O4.C14H15N3O2.C2H3F3.CH3F/c1-21(2)8-7-9-22(3)30-13-15-35(6)31-11-10-24-19-28(39-33(38)25-17-26(36)20-27(37)18-25)16-23(4)32(24)29(31)12-14-34(30,35)5;22-18-12-17(13-19(23)14-18)21(24)25-20-10-8-16(9-11-20)7-6-15-4-2-1-3-5-15;2*21-15-10-14(11-16(22)12-15)20(24)26-18-8-6-17(7-9-18)25-19(23)13-4-2-1-3-5-13;15-11-7-10(8-12(16)9-11)14(18)19-6-4-13-3-1-2-5-17-13;1-2(3,4)5;1-2/h7,9-11,17-18,20-23,28-30,32H,8,12-16,19,36-37H2,1-6H3;1-14H,22-23H2;2*1-5,10-12,17-18H,6-9,21-22H2;1-3,5,7-9H,4,6,15-16H2;1H3;1H3/b9-7+;7-6-;;;;;. The summed E-state index contributed by atoms with van der Waals surface area (Å²) in [6.45, 7) is 15.1. The quantitative estimate of drug-likeness (QED) is 0.00573. The van der Waals surface area contributed by atoms with E-state index in [-0.39, 0.29) is 67.4 Å². The van der Waals surface area contributed by atoms with Crippen molar-refractivity contribution < 1.29 is 84.3 Å². The normalized spacial score (nSPS) is 20.9. The van der Waals surface area contributed by atoms with E-state index in [1.807, 2.05) is 84.9 Å². The maximum atomic E-state index is 12.9. The Hall–Kier alpha value is -14.9. The molecular formula is C113H133F4N11O14. The third-order valence-corrected chi connectivity index (χ3v) is 26.1. The van der Waals surface area contributed by atoms with Crippen LogP contribution in [0.2, 0.25) is 0 Å². The van der Waals surface area contributed by atoms with E-state index in [2.05, 4.69) is 70.8 Å². The molecule has 0 amide bonds. The summed E-state index contributed by atoms with van der Waals surface area (Å²) < 4.78 is 79.2. The molecule has 0 aliphatic heterocycles. The average Bonchev–Trinajstić information content (AvgIpc) is 1.51. The molecule has 0 saturated heterocycles. The van der Waals surface area contributed by atoms with Crippen molar-refractivity contribution in [1.82, 2.24) is 4.98 Å². The summed E-state index contributed by atoms with van der Waals surface area (Å²) in [5, 5.41) is 0. The Morgan fingerprint density at radius 1 is 0.430 bits per heavy atom. The van der Waals surface area contributed by atoms with Crippen LogP contribution in [-0.2, 0) is 34.8 Å². The second-order valence-electron chi connectivity index (χ2n) is 37.6. The number of rotatable bonds is 22. The lowest BCUT2D eigenvalue weighted by molar-refractivity contribution is -0.110. The summed E-state index contributed by atoms with van der Waals surface area (Å²) in [5.41, 5.74) is 71.4. The van der Waals surface area contributed by atoms with Crippen molar-refractivity contribution in [2.75, 3.05) is 71.1 Å². The lowest BCUT2D eigenvalue weighted by atomic mass is 9.47. The van der Waals surface area contributed by atoms with Crippen LogP contribution in [0.5, 0.6) is 5.75 Å². The monoisotopic (exact) mass is 1940 g/mol. The van der Waals surface area contributed by atoms with E-state index < -0.39 is 30.1 Å². The van der Waals surface area contributed by atoms with Gasteiger partial charge in [-0.25, -0.2) is 33.6 Å². The number of alkyl halides is 4. The number of ether oxygens (including phenoxy) is 7. The number of carbonyl (C=O) groups is 7. The maximum absolute atomic E-state index is 12.9. The lowest BCUT2D eigenvalue weighted by Crippen LogP contribution is -2.49. The third kappa shape index (κ3) is 32.9. The Labute approximate surface area is 828 Å². The molecule has 752 valence electrons. The summed E-state index contributed by atoms with van der Waals surface area (Å²) in [5.74, 6) is 1.44. The number of allylic oxidation sites excluding steroid dienone is 5. The molecule has 6 aliphatic rings. The summed E-state index contributed by atoms with van der Waals surface area (Å²) in [6, 6.07) is 64.4. The van der Waals surface area contributed by atoms with Crippen LogP contribution in [0.25, 0.3) is 12.2 Å². The van der Waals surface area contributed by atoms with Crippen molar-refractivity contribution in [3.8, 4) is 5.75 Å². The number of nitrogens with zero attached hydrogens (tertiary/aromatic N) is 1. The minimum atomic E-state index is -4.00. The molecule has 0 radical (unpaired) electrons. The first-order valence-corrected chi connectivity index (χ1v) is 47.8. The Morgan fingerprint density at radius 2 is 0.789 bits per heavy atom. The van der Waals surface area contributed by atoms with E-state index in [0.717, 1.165) is 41.5 Å². The molecule has 5 fully saturated rings. The summed E-state index contributed by atoms with van der Waals surface area (Å²) >= 11 is 0. The highest BCUT2D eigenvalue weighted by atomic mass is 19.4. The Kier molecular flexibility index (Phi) is 39.8. The van der Waals surface area contributed by atoms with E-state index in [1.165, 1.54) is 49.8 Å². The zero-order valence-electron chi connectivity index (χ0n) is 81.7. The fraction of sp³-hybridized carbons (Fsp3) is 0.345. The topological polar surface area (TPSA) is 457 Å². The van der Waals surface area contributed by atoms with Crippen molar-refractivity contribution in [1.29, 1.82) is 0 Å². The van der Waals surface area contributed by atoms with Gasteiger partial charge in [0.05, 0.1) is 52.7 Å². The minimum Gasteiger partial charge on any atom is -0.462 e. The van der Waals surface area contributed by atoms with E-state index >= 15 is 0 Å². The smallest absolute Gasteiger partial charge is 0.386 e. The molecule has 0 bridgehead atoms. The number of fused-ring (bicyclic) bond motifs is 5. The molecule has 8 atom stereocenters. The third-order valence-electron chi connectivity index (χ3n) is 26.1. The number of pyridine rings is 1. The molecule has 20 N–H and O–H groups in total. The second-order valence-corrected chi connectivity index (χ2v) is 37.6. The molecule has 5 saturated carbocycles. The zero-order valence-corrected chi connectivity index (χ0v) is 81.7. The highest BCUT2D eigenvalue weighted by Gasteiger charge is 2.61. The fourth-order valence-corrected chi connectivity index (χ4v) is 19.4. The predicted octanol–water partition coefficient (Wildman–Crippen LogP) is 22.8. The summed E-state index contributed by atoms with van der Waals surface area (Å²) in [7, 11) is 0.500. The van der Waals surface area contributed by atoms with Gasteiger partial charge in [-0.2, -0.15) is 13.2 Å². The van der Waals surface area contributed by atoms with Gasteiger partial charge in [0.15, 0.2) is 0 Å². The van der Waals surface area contributed by atoms with Crippen molar-refractivity contribution >= 4 is 111 Å². The van der Waals surface area contributed by atoms with E-state index in [4.69, 9.17) is 90.5 Å². The van der Waals surface area contributed by atoms with Gasteiger partial charge in [-0.05, 0) is 287 Å². The number of hydrogen-bond donors (Lipinski definition) is 10. The molecule has 29 heteroatoms. The molecule has 1 aromatic heterocycles. The fourth-order valence-electron chi connectivity index (χ4n) is 19.4. The highest BCUT2D eigenvalue weighted by molar-refractivity contribution is 5.96. The number of carbonyl (C=O) groups excluding carboxylic acids is 7. The van der Waals surface area contributed by atoms with Crippen LogP contribution in [0.1, 0.15) is 234 Å². The first-order valence-electron chi connectivity index (χ1n) is 47.8. The van der Waals surface area contributed by atoms with Crippen molar-refractivity contribution in [2.45, 2.75) is 188 Å². The van der Waals surface area contributed by atoms with Crippen molar-refractivity contribution in [2.24, 2.45) is 46.3 Å². The zero-order chi connectivity index (χ0) is 103. The van der Waals surface area contributed by atoms with Crippen LogP contribution in [0, 0.1) is 46.3 Å². The predicted molar refractivity (Wildman–Crippen MR) is 553 cm³/mol. The number of aromatic nitrogens is 1. The van der Waals surface area contributed by atoms with Crippen LogP contribution in [0.4, 0.5) is 74.4 Å². The van der Waals surface area contributed by atoms with Crippen molar-refractivity contribution in [3.63, 3.8) is 0 Å². The van der Waals surface area contributed by atoms with Crippen LogP contribution >= 0.6 is 0 Å². The first kappa shape index (κ1) is 109. The van der Waals surface area contributed by atoms with E-state index in [0.29, 0.717) is 196 Å². The Morgan fingerprint density at radius 3 is 1.18 bits per heavy atom. The minimum absolute atomic E-state index is 0.105. The number of nitrogens with two attached hydrogens (primary N) is 10. The second kappa shape index (κ2) is 51.8. The Bertz CT molecular complexity index is 5770. The van der Waals surface area contributed by atoms with Crippen LogP contribution in [-0.4, -0.2) is 97.2 Å². The molecule has 25 nitrogen and oxygen atoms in total. The largest absolute Gasteiger partial charge is 0.462 e.